The van der Waals surface area contributed by atoms with Gasteiger partial charge in [-0.1, -0.05) is 44.2 Å². The molecule has 124 valence electrons. The number of hydrogen-bond acceptors (Lipinski definition) is 5. The van der Waals surface area contributed by atoms with Crippen LogP contribution in [-0.2, 0) is 11.3 Å². The molecular formula is C16H23N5O2. The third-order valence-electron chi connectivity index (χ3n) is 3.52. The first-order chi connectivity index (χ1) is 11.1. The zero-order valence-electron chi connectivity index (χ0n) is 13.5. The summed E-state index contributed by atoms with van der Waals surface area (Å²) in [6.07, 6.45) is 0.477. The summed E-state index contributed by atoms with van der Waals surface area (Å²) in [5, 5.41) is 24.7. The molecule has 2 rings (SSSR count). The summed E-state index contributed by atoms with van der Waals surface area (Å²) in [5.41, 5.74) is 0.916. The Morgan fingerprint density at radius 2 is 2.04 bits per heavy atom. The van der Waals surface area contributed by atoms with Gasteiger partial charge in [0.15, 0.2) is 0 Å². The molecule has 0 aliphatic carbocycles. The molecule has 1 amide bonds. The van der Waals surface area contributed by atoms with Crippen molar-refractivity contribution < 1.29 is 9.90 Å². The first-order valence-corrected chi connectivity index (χ1v) is 7.84. The van der Waals surface area contributed by atoms with Crippen LogP contribution in [0.4, 0.5) is 0 Å². The number of nitrogens with zero attached hydrogens (tertiary/aromatic N) is 4. The van der Waals surface area contributed by atoms with Crippen LogP contribution in [0, 0.1) is 5.92 Å². The highest BCUT2D eigenvalue weighted by atomic mass is 16.3. The fraction of sp³-hybridized carbons (Fsp3) is 0.500. The van der Waals surface area contributed by atoms with Crippen molar-refractivity contribution >= 4 is 5.91 Å². The van der Waals surface area contributed by atoms with E-state index in [2.05, 4.69) is 20.7 Å². The quantitative estimate of drug-likeness (QED) is 0.764. The lowest BCUT2D eigenvalue weighted by molar-refractivity contribution is -0.121. The maximum Gasteiger partial charge on any atom is 0.220 e. The van der Waals surface area contributed by atoms with Crippen molar-refractivity contribution in [3.63, 3.8) is 0 Å². The highest BCUT2D eigenvalue weighted by molar-refractivity contribution is 5.75. The number of aromatic nitrogens is 4. The van der Waals surface area contributed by atoms with Gasteiger partial charge in [0, 0.05) is 18.5 Å². The Bertz CT molecular complexity index is 612. The van der Waals surface area contributed by atoms with Crippen molar-refractivity contribution in [1.29, 1.82) is 0 Å². The second kappa shape index (κ2) is 8.38. The second-order valence-corrected chi connectivity index (χ2v) is 5.79. The number of amides is 1. The van der Waals surface area contributed by atoms with Crippen molar-refractivity contribution in [1.82, 2.24) is 25.5 Å². The van der Waals surface area contributed by atoms with Crippen LogP contribution in [-0.4, -0.2) is 43.9 Å². The second-order valence-electron chi connectivity index (χ2n) is 5.79. The van der Waals surface area contributed by atoms with E-state index >= 15 is 0 Å². The summed E-state index contributed by atoms with van der Waals surface area (Å²) in [6, 6.07) is 9.63. The highest BCUT2D eigenvalue weighted by Crippen LogP contribution is 2.11. The van der Waals surface area contributed by atoms with Crippen molar-refractivity contribution in [2.75, 3.05) is 6.54 Å². The number of aliphatic hydroxyl groups excluding tert-OH is 1. The Kier molecular flexibility index (Phi) is 6.22. The van der Waals surface area contributed by atoms with E-state index in [0.717, 1.165) is 5.56 Å². The molecule has 1 atom stereocenters. The van der Waals surface area contributed by atoms with Gasteiger partial charge < -0.3 is 10.4 Å². The van der Waals surface area contributed by atoms with Gasteiger partial charge in [-0.15, -0.1) is 10.2 Å². The number of aryl methyl sites for hydroxylation is 1. The number of hydrogen-bond donors (Lipinski definition) is 2. The van der Waals surface area contributed by atoms with Gasteiger partial charge in [-0.25, -0.2) is 0 Å². The maximum absolute atomic E-state index is 11.7. The van der Waals surface area contributed by atoms with Crippen LogP contribution in [0.3, 0.4) is 0 Å². The van der Waals surface area contributed by atoms with E-state index in [1.807, 2.05) is 44.2 Å². The molecule has 1 aromatic heterocycles. The molecule has 0 bridgehead atoms. The third kappa shape index (κ3) is 5.45. The Labute approximate surface area is 135 Å². The average Bonchev–Trinajstić information content (AvgIpc) is 3.02. The van der Waals surface area contributed by atoms with Gasteiger partial charge in [-0.05, 0) is 17.6 Å². The largest absolute Gasteiger partial charge is 0.391 e. The first kappa shape index (κ1) is 17.1. The standard InChI is InChI=1S/C16H23N5O2/c1-12(2)14(22)11-17-15(23)9-6-10-21-19-16(18-20-21)13-7-4-3-5-8-13/h3-5,7-8,12,14,22H,6,9-11H2,1-2H3,(H,17,23). The van der Waals surface area contributed by atoms with E-state index in [1.165, 1.54) is 4.80 Å². The van der Waals surface area contributed by atoms with Gasteiger partial charge in [0.25, 0.3) is 0 Å². The number of nitrogens with one attached hydrogen (secondary N) is 1. The third-order valence-corrected chi connectivity index (χ3v) is 3.52. The number of carbonyl (C=O) groups excluding carboxylic acids is 1. The van der Waals surface area contributed by atoms with Gasteiger partial charge in [-0.2, -0.15) is 4.80 Å². The van der Waals surface area contributed by atoms with Crippen molar-refractivity contribution in [3.05, 3.63) is 30.3 Å². The minimum absolute atomic E-state index is 0.0758. The number of tetrazole rings is 1. The molecule has 7 nitrogen and oxygen atoms in total. The molecule has 2 aromatic rings. The van der Waals surface area contributed by atoms with Gasteiger partial charge in [-0.3, -0.25) is 4.79 Å². The molecule has 1 unspecified atom stereocenters. The van der Waals surface area contributed by atoms with Crippen molar-refractivity contribution in [2.24, 2.45) is 5.92 Å². The smallest absolute Gasteiger partial charge is 0.220 e. The van der Waals surface area contributed by atoms with Crippen LogP contribution in [0.1, 0.15) is 26.7 Å². The Balaban J connectivity index is 1.72. The molecule has 0 saturated heterocycles. The molecule has 1 heterocycles. The van der Waals surface area contributed by atoms with E-state index in [0.29, 0.717) is 25.2 Å². The number of benzene rings is 1. The van der Waals surface area contributed by atoms with E-state index in [4.69, 9.17) is 0 Å². The molecule has 7 heteroatoms. The van der Waals surface area contributed by atoms with E-state index < -0.39 is 6.10 Å². The lowest BCUT2D eigenvalue weighted by Gasteiger charge is -2.14. The van der Waals surface area contributed by atoms with Crippen LogP contribution in [0.5, 0.6) is 0 Å². The molecule has 2 N–H and O–H groups in total. The monoisotopic (exact) mass is 317 g/mol. The Hall–Kier alpha value is -2.28. The van der Waals surface area contributed by atoms with Crippen LogP contribution in [0.15, 0.2) is 30.3 Å². The van der Waals surface area contributed by atoms with Crippen LogP contribution in [0.2, 0.25) is 0 Å². The Morgan fingerprint density at radius 3 is 2.74 bits per heavy atom. The van der Waals surface area contributed by atoms with Crippen LogP contribution in [0.25, 0.3) is 11.4 Å². The predicted octanol–water partition coefficient (Wildman–Crippen LogP) is 1.25. The zero-order chi connectivity index (χ0) is 16.7. The lowest BCUT2D eigenvalue weighted by atomic mass is 10.1. The Morgan fingerprint density at radius 1 is 1.30 bits per heavy atom. The molecule has 1 aromatic carbocycles. The van der Waals surface area contributed by atoms with E-state index in [1.54, 1.807) is 0 Å². The van der Waals surface area contributed by atoms with Crippen LogP contribution >= 0.6 is 0 Å². The molecule has 0 saturated carbocycles. The summed E-state index contributed by atoms with van der Waals surface area (Å²) >= 11 is 0. The van der Waals surface area contributed by atoms with Crippen LogP contribution < -0.4 is 5.32 Å². The maximum atomic E-state index is 11.7. The lowest BCUT2D eigenvalue weighted by Crippen LogP contribution is -2.34. The first-order valence-electron chi connectivity index (χ1n) is 7.84. The molecule has 0 aliphatic rings. The minimum atomic E-state index is -0.510. The van der Waals surface area contributed by atoms with Gasteiger partial charge in [0.1, 0.15) is 0 Å². The minimum Gasteiger partial charge on any atom is -0.391 e. The van der Waals surface area contributed by atoms with Gasteiger partial charge in [0.05, 0.1) is 12.6 Å². The zero-order valence-corrected chi connectivity index (χ0v) is 13.5. The summed E-state index contributed by atoms with van der Waals surface area (Å²) in [5.74, 6) is 0.634. The summed E-state index contributed by atoms with van der Waals surface area (Å²) in [6.45, 7) is 4.64. The predicted molar refractivity (Wildman–Crippen MR) is 86.3 cm³/mol. The number of aliphatic hydroxyl groups is 1. The molecule has 0 fully saturated rings. The molecule has 0 spiro atoms. The number of rotatable bonds is 8. The van der Waals surface area contributed by atoms with E-state index in [-0.39, 0.29) is 18.4 Å². The molecule has 0 radical (unpaired) electrons. The summed E-state index contributed by atoms with van der Waals surface area (Å²) < 4.78 is 0. The molecule has 23 heavy (non-hydrogen) atoms. The van der Waals surface area contributed by atoms with Crippen molar-refractivity contribution in [3.8, 4) is 11.4 Å². The fourth-order valence-corrected chi connectivity index (χ4v) is 1.96. The molecular weight excluding hydrogens is 294 g/mol. The van der Waals surface area contributed by atoms with Gasteiger partial charge in [0.2, 0.25) is 11.7 Å². The SMILES string of the molecule is CC(C)C(O)CNC(=O)CCCn1nnc(-c2ccccc2)n1. The normalized spacial score (nSPS) is 12.3. The molecule has 0 aliphatic heterocycles. The average molecular weight is 317 g/mol. The van der Waals surface area contributed by atoms with E-state index in [9.17, 15) is 9.90 Å². The number of carbonyl (C=O) groups is 1. The van der Waals surface area contributed by atoms with Gasteiger partial charge >= 0.3 is 0 Å². The topological polar surface area (TPSA) is 92.9 Å². The summed E-state index contributed by atoms with van der Waals surface area (Å²) in [4.78, 5) is 13.2. The highest BCUT2D eigenvalue weighted by Gasteiger charge is 2.11. The van der Waals surface area contributed by atoms with Crippen molar-refractivity contribution in [2.45, 2.75) is 39.3 Å². The fourth-order valence-electron chi connectivity index (χ4n) is 1.96. The summed E-state index contributed by atoms with van der Waals surface area (Å²) in [7, 11) is 0.